The van der Waals surface area contributed by atoms with Crippen molar-refractivity contribution >= 4 is 76.6 Å². The van der Waals surface area contributed by atoms with Crippen molar-refractivity contribution in [2.45, 2.75) is 18.3 Å². The summed E-state index contributed by atoms with van der Waals surface area (Å²) in [7, 11) is -5.83. The van der Waals surface area contributed by atoms with Gasteiger partial charge in [-0.1, -0.05) is 45.2 Å². The molecular weight excluding hydrogens is 510 g/mol. The molecular formula is C8H12I2O4S3. The van der Waals surface area contributed by atoms with Crippen LogP contribution in [0.3, 0.4) is 0 Å². The lowest BCUT2D eigenvalue weighted by Gasteiger charge is -2.18. The molecule has 4 unspecified atom stereocenters. The van der Waals surface area contributed by atoms with Crippen LogP contribution in [0, 0.1) is 0 Å². The lowest BCUT2D eigenvalue weighted by atomic mass is 10.4. The van der Waals surface area contributed by atoms with E-state index in [1.165, 1.54) is 0 Å². The minimum atomic E-state index is -2.91. The lowest BCUT2D eigenvalue weighted by Crippen LogP contribution is -2.23. The maximum absolute atomic E-state index is 11.5. The lowest BCUT2D eigenvalue weighted by molar-refractivity contribution is 0.601. The Labute approximate surface area is 133 Å². The first kappa shape index (κ1) is 15.1. The van der Waals surface area contributed by atoms with E-state index in [1.54, 1.807) is 11.8 Å². The van der Waals surface area contributed by atoms with E-state index in [4.69, 9.17) is 0 Å². The summed E-state index contributed by atoms with van der Waals surface area (Å²) in [6.07, 6.45) is 0. The highest BCUT2D eigenvalue weighted by Crippen LogP contribution is 2.38. The summed E-state index contributed by atoms with van der Waals surface area (Å²) in [4.78, 5) is 0. The van der Waals surface area contributed by atoms with Crippen LogP contribution in [0.15, 0.2) is 0 Å². The molecule has 0 amide bonds. The Hall–Kier alpha value is 1.71. The number of sulfone groups is 2. The molecule has 9 heteroatoms. The summed E-state index contributed by atoms with van der Waals surface area (Å²) in [5.41, 5.74) is 0. The molecule has 17 heavy (non-hydrogen) atoms. The first-order valence-corrected chi connectivity index (χ1v) is 12.1. The van der Waals surface area contributed by atoms with Crippen molar-refractivity contribution in [1.29, 1.82) is 0 Å². The van der Waals surface area contributed by atoms with Gasteiger partial charge in [-0.3, -0.25) is 0 Å². The highest BCUT2D eigenvalue weighted by molar-refractivity contribution is 14.1. The van der Waals surface area contributed by atoms with Crippen molar-refractivity contribution in [3.05, 3.63) is 0 Å². The maximum Gasteiger partial charge on any atom is 0.152 e. The van der Waals surface area contributed by atoms with Gasteiger partial charge in [0.05, 0.1) is 23.0 Å². The monoisotopic (exact) mass is 522 g/mol. The van der Waals surface area contributed by atoms with Crippen molar-refractivity contribution in [2.75, 3.05) is 23.0 Å². The van der Waals surface area contributed by atoms with E-state index in [2.05, 4.69) is 45.2 Å². The Morgan fingerprint density at radius 2 is 1.12 bits per heavy atom. The molecule has 2 heterocycles. The van der Waals surface area contributed by atoms with Crippen LogP contribution in [0.25, 0.3) is 0 Å². The summed E-state index contributed by atoms with van der Waals surface area (Å²) >= 11 is 5.90. The van der Waals surface area contributed by atoms with Crippen LogP contribution >= 0.6 is 56.9 Å². The Morgan fingerprint density at radius 3 is 1.35 bits per heavy atom. The molecule has 2 fully saturated rings. The van der Waals surface area contributed by atoms with Crippen molar-refractivity contribution in [1.82, 2.24) is 0 Å². The largest absolute Gasteiger partial charge is 0.229 e. The van der Waals surface area contributed by atoms with E-state index in [0.717, 1.165) is 0 Å². The Balaban J connectivity index is 2.04. The van der Waals surface area contributed by atoms with Crippen molar-refractivity contribution in [2.24, 2.45) is 0 Å². The van der Waals surface area contributed by atoms with Crippen LogP contribution < -0.4 is 0 Å². The van der Waals surface area contributed by atoms with Gasteiger partial charge in [-0.25, -0.2) is 16.8 Å². The third-order valence-corrected chi connectivity index (χ3v) is 13.2. The molecule has 0 saturated carbocycles. The predicted octanol–water partition coefficient (Wildman–Crippen LogP) is 0.921. The summed E-state index contributed by atoms with van der Waals surface area (Å²) in [5, 5.41) is 0.104. The third-order valence-electron chi connectivity index (χ3n) is 2.82. The number of thioether (sulfide) groups is 1. The Morgan fingerprint density at radius 1 is 0.765 bits per heavy atom. The number of hydrogen-bond donors (Lipinski definition) is 0. The molecule has 2 saturated heterocycles. The van der Waals surface area contributed by atoms with E-state index in [1.807, 2.05) is 0 Å². The average molecular weight is 522 g/mol. The molecule has 0 aromatic rings. The summed E-state index contributed by atoms with van der Waals surface area (Å²) < 4.78 is 46.2. The molecule has 4 atom stereocenters. The average Bonchev–Trinajstić information content (AvgIpc) is 2.50. The molecule has 2 rings (SSSR count). The first-order valence-electron chi connectivity index (χ1n) is 5.03. The number of alkyl halides is 2. The normalized spacial score (nSPS) is 43.9. The maximum atomic E-state index is 11.5. The zero-order valence-corrected chi connectivity index (χ0v) is 15.5. The third kappa shape index (κ3) is 3.85. The second-order valence-electron chi connectivity index (χ2n) is 4.40. The van der Waals surface area contributed by atoms with Gasteiger partial charge in [-0.15, -0.1) is 0 Å². The topological polar surface area (TPSA) is 68.3 Å². The van der Waals surface area contributed by atoms with E-state index in [9.17, 15) is 16.8 Å². The minimum absolute atomic E-state index is 0.0520. The van der Waals surface area contributed by atoms with Crippen molar-refractivity contribution < 1.29 is 16.8 Å². The molecule has 0 aliphatic carbocycles. The van der Waals surface area contributed by atoms with Gasteiger partial charge in [0.25, 0.3) is 0 Å². The molecule has 2 aliphatic rings. The van der Waals surface area contributed by atoms with Crippen LogP contribution in [-0.4, -0.2) is 58.2 Å². The number of halogens is 2. The fourth-order valence-electron chi connectivity index (χ4n) is 2.02. The number of rotatable bonds is 2. The van der Waals surface area contributed by atoms with Crippen LogP contribution in [0.4, 0.5) is 0 Å². The molecule has 0 aromatic heterocycles. The van der Waals surface area contributed by atoms with Gasteiger partial charge in [0.2, 0.25) is 0 Å². The van der Waals surface area contributed by atoms with Crippen LogP contribution in [0.5, 0.6) is 0 Å². The van der Waals surface area contributed by atoms with Gasteiger partial charge in [-0.05, 0) is 0 Å². The van der Waals surface area contributed by atoms with Gasteiger partial charge in [-0.2, -0.15) is 11.8 Å². The van der Waals surface area contributed by atoms with Gasteiger partial charge >= 0.3 is 0 Å². The molecule has 0 radical (unpaired) electrons. The summed E-state index contributed by atoms with van der Waals surface area (Å²) in [5.74, 6) is 0.865. The van der Waals surface area contributed by atoms with E-state index >= 15 is 0 Å². The SMILES string of the molecule is O=S1(=O)CC(I)C(SC2CS(=O)(=O)CC2I)C1. The van der Waals surface area contributed by atoms with Crippen LogP contribution in [0.2, 0.25) is 0 Å². The fourth-order valence-corrected chi connectivity index (χ4v) is 13.8. The smallest absolute Gasteiger partial charge is 0.152 e. The van der Waals surface area contributed by atoms with Crippen molar-refractivity contribution in [3.63, 3.8) is 0 Å². The second-order valence-corrected chi connectivity index (χ2v) is 13.4. The zero-order chi connectivity index (χ0) is 12.8. The van der Waals surface area contributed by atoms with Gasteiger partial charge < -0.3 is 0 Å². The van der Waals surface area contributed by atoms with Crippen LogP contribution in [0.1, 0.15) is 0 Å². The van der Waals surface area contributed by atoms with Gasteiger partial charge in [0, 0.05) is 18.3 Å². The Bertz CT molecular complexity index is 455. The predicted molar refractivity (Wildman–Crippen MR) is 88.1 cm³/mol. The molecule has 0 bridgehead atoms. The molecule has 0 N–H and O–H groups in total. The molecule has 0 aromatic carbocycles. The minimum Gasteiger partial charge on any atom is -0.229 e. The van der Waals surface area contributed by atoms with Crippen molar-refractivity contribution in [3.8, 4) is 0 Å². The molecule has 4 nitrogen and oxygen atoms in total. The second kappa shape index (κ2) is 5.24. The molecule has 0 spiro atoms. The molecule has 100 valence electrons. The van der Waals surface area contributed by atoms with Gasteiger partial charge in [0.15, 0.2) is 19.7 Å². The summed E-state index contributed by atoms with van der Waals surface area (Å²) in [6, 6.07) is 0. The zero-order valence-electron chi connectivity index (χ0n) is 8.75. The first-order chi connectivity index (χ1) is 7.69. The highest BCUT2D eigenvalue weighted by Gasteiger charge is 2.43. The standard InChI is InChI=1S/C8H12I2O4S3/c9-5-1-16(11,12)3-7(5)15-8-4-17(13,14)2-6(8)10/h5-8H,1-4H2. The van der Waals surface area contributed by atoms with E-state index in [0.29, 0.717) is 0 Å². The van der Waals surface area contributed by atoms with E-state index in [-0.39, 0.29) is 41.4 Å². The quantitative estimate of drug-likeness (QED) is 0.399. The highest BCUT2D eigenvalue weighted by atomic mass is 127. The van der Waals surface area contributed by atoms with Crippen LogP contribution in [-0.2, 0) is 19.7 Å². The molecule has 2 aliphatic heterocycles. The Kier molecular flexibility index (Phi) is 4.66. The van der Waals surface area contributed by atoms with Gasteiger partial charge in [0.1, 0.15) is 0 Å². The van der Waals surface area contributed by atoms with E-state index < -0.39 is 19.7 Å². The summed E-state index contributed by atoms with van der Waals surface area (Å²) in [6.45, 7) is 0. The number of hydrogen-bond acceptors (Lipinski definition) is 5. The fraction of sp³-hybridized carbons (Fsp3) is 1.00.